The highest BCUT2D eigenvalue weighted by Crippen LogP contribution is 2.23. The Balaban J connectivity index is 1.54. The SMILES string of the molecule is O=C(CN(C(=O)CN1C(=O)c2ccccc2C1=O)c1ccccc1)N1CC=CCC1. The summed E-state index contributed by atoms with van der Waals surface area (Å²) < 4.78 is 0. The summed E-state index contributed by atoms with van der Waals surface area (Å²) in [6, 6.07) is 15.3. The Morgan fingerprint density at radius 2 is 1.50 bits per heavy atom. The molecule has 0 saturated carbocycles. The number of hydrogen-bond donors (Lipinski definition) is 0. The molecule has 0 N–H and O–H groups in total. The number of nitrogens with zero attached hydrogens (tertiary/aromatic N) is 3. The number of benzene rings is 2. The molecule has 7 nitrogen and oxygen atoms in total. The van der Waals surface area contributed by atoms with Crippen molar-refractivity contribution in [2.24, 2.45) is 0 Å². The Kier molecular flexibility index (Phi) is 5.43. The van der Waals surface area contributed by atoms with E-state index in [2.05, 4.69) is 0 Å². The number of imide groups is 1. The van der Waals surface area contributed by atoms with Crippen molar-refractivity contribution in [3.63, 3.8) is 0 Å². The van der Waals surface area contributed by atoms with E-state index in [4.69, 9.17) is 0 Å². The smallest absolute Gasteiger partial charge is 0.262 e. The van der Waals surface area contributed by atoms with Crippen LogP contribution in [-0.4, -0.2) is 59.6 Å². The number of fused-ring (bicyclic) bond motifs is 1. The molecule has 0 unspecified atom stereocenters. The van der Waals surface area contributed by atoms with Crippen molar-refractivity contribution in [1.29, 1.82) is 0 Å². The molecule has 2 aliphatic rings. The fourth-order valence-electron chi connectivity index (χ4n) is 3.64. The predicted molar refractivity (Wildman–Crippen MR) is 111 cm³/mol. The molecule has 0 aliphatic carbocycles. The molecular formula is C23H21N3O4. The van der Waals surface area contributed by atoms with Gasteiger partial charge < -0.3 is 9.80 Å². The molecule has 0 saturated heterocycles. The number of hydrogen-bond acceptors (Lipinski definition) is 4. The summed E-state index contributed by atoms with van der Waals surface area (Å²) in [7, 11) is 0. The molecule has 152 valence electrons. The standard InChI is InChI=1S/C23H21N3O4/c27-20(24-13-7-2-8-14-24)15-25(17-9-3-1-4-10-17)21(28)16-26-22(29)18-11-5-6-12-19(18)23(26)30/h1-7,9-12H,8,13-16H2. The third kappa shape index (κ3) is 3.74. The lowest BCUT2D eigenvalue weighted by atomic mass is 10.1. The number of carbonyl (C=O) groups excluding carboxylic acids is 4. The molecule has 4 rings (SSSR count). The van der Waals surface area contributed by atoms with Gasteiger partial charge in [-0.25, -0.2) is 0 Å². The molecule has 2 aromatic carbocycles. The number of para-hydroxylation sites is 1. The van der Waals surface area contributed by atoms with Crippen LogP contribution in [0.2, 0.25) is 0 Å². The molecular weight excluding hydrogens is 382 g/mol. The second-order valence-electron chi connectivity index (χ2n) is 7.16. The van der Waals surface area contributed by atoms with E-state index in [1.807, 2.05) is 18.2 Å². The summed E-state index contributed by atoms with van der Waals surface area (Å²) in [5, 5.41) is 0. The zero-order valence-electron chi connectivity index (χ0n) is 16.4. The van der Waals surface area contributed by atoms with Gasteiger partial charge in [0.1, 0.15) is 13.1 Å². The van der Waals surface area contributed by atoms with Crippen molar-refractivity contribution in [1.82, 2.24) is 9.80 Å². The van der Waals surface area contributed by atoms with Gasteiger partial charge in [0.15, 0.2) is 0 Å². The van der Waals surface area contributed by atoms with Gasteiger partial charge in [-0.1, -0.05) is 42.5 Å². The van der Waals surface area contributed by atoms with E-state index >= 15 is 0 Å². The van der Waals surface area contributed by atoms with E-state index in [1.165, 1.54) is 4.90 Å². The normalized spacial score (nSPS) is 15.3. The first kappa shape index (κ1) is 19.6. The summed E-state index contributed by atoms with van der Waals surface area (Å²) in [6.07, 6.45) is 4.72. The molecule has 2 aromatic rings. The van der Waals surface area contributed by atoms with Crippen molar-refractivity contribution in [2.75, 3.05) is 31.1 Å². The molecule has 0 aromatic heterocycles. The minimum atomic E-state index is -0.496. The molecule has 2 aliphatic heterocycles. The molecule has 0 radical (unpaired) electrons. The van der Waals surface area contributed by atoms with Gasteiger partial charge in [0.2, 0.25) is 11.8 Å². The molecule has 0 bridgehead atoms. The third-order valence-corrected chi connectivity index (χ3v) is 5.24. The molecule has 4 amide bonds. The predicted octanol–water partition coefficient (Wildman–Crippen LogP) is 2.10. The van der Waals surface area contributed by atoms with Crippen LogP contribution in [-0.2, 0) is 9.59 Å². The van der Waals surface area contributed by atoms with E-state index in [0.717, 1.165) is 11.3 Å². The number of amides is 4. The summed E-state index contributed by atoms with van der Waals surface area (Å²) in [5.41, 5.74) is 1.12. The highest BCUT2D eigenvalue weighted by Gasteiger charge is 2.37. The first-order chi connectivity index (χ1) is 14.6. The molecule has 30 heavy (non-hydrogen) atoms. The maximum atomic E-state index is 13.2. The average molecular weight is 403 g/mol. The van der Waals surface area contributed by atoms with Gasteiger partial charge in [0.25, 0.3) is 11.8 Å². The highest BCUT2D eigenvalue weighted by atomic mass is 16.2. The first-order valence-corrected chi connectivity index (χ1v) is 9.79. The zero-order chi connectivity index (χ0) is 21.1. The van der Waals surface area contributed by atoms with E-state index in [0.29, 0.717) is 18.8 Å². The van der Waals surface area contributed by atoms with Gasteiger partial charge in [0.05, 0.1) is 11.1 Å². The number of carbonyl (C=O) groups is 4. The lowest BCUT2D eigenvalue weighted by Gasteiger charge is -2.29. The Hall–Kier alpha value is -3.74. The third-order valence-electron chi connectivity index (χ3n) is 5.24. The molecule has 7 heteroatoms. The van der Waals surface area contributed by atoms with Crippen LogP contribution in [0.4, 0.5) is 5.69 Å². The first-order valence-electron chi connectivity index (χ1n) is 9.79. The van der Waals surface area contributed by atoms with Crippen molar-refractivity contribution in [3.8, 4) is 0 Å². The van der Waals surface area contributed by atoms with E-state index in [-0.39, 0.29) is 23.6 Å². The summed E-state index contributed by atoms with van der Waals surface area (Å²) >= 11 is 0. The maximum absolute atomic E-state index is 13.2. The lowest BCUT2D eigenvalue weighted by molar-refractivity contribution is -0.131. The van der Waals surface area contributed by atoms with Crippen LogP contribution in [0.25, 0.3) is 0 Å². The Morgan fingerprint density at radius 1 is 0.867 bits per heavy atom. The van der Waals surface area contributed by atoms with Gasteiger partial charge in [-0.2, -0.15) is 0 Å². The van der Waals surface area contributed by atoms with Crippen LogP contribution in [0, 0.1) is 0 Å². The van der Waals surface area contributed by atoms with Crippen molar-refractivity contribution in [2.45, 2.75) is 6.42 Å². The summed E-state index contributed by atoms with van der Waals surface area (Å²) in [6.45, 7) is 0.535. The van der Waals surface area contributed by atoms with Gasteiger partial charge in [0, 0.05) is 18.8 Å². The van der Waals surface area contributed by atoms with Crippen molar-refractivity contribution >= 4 is 29.3 Å². The number of rotatable bonds is 5. The van der Waals surface area contributed by atoms with E-state index in [1.54, 1.807) is 53.4 Å². The molecule has 0 fully saturated rings. The molecule has 0 atom stereocenters. The van der Waals surface area contributed by atoms with Gasteiger partial charge >= 0.3 is 0 Å². The highest BCUT2D eigenvalue weighted by molar-refractivity contribution is 6.22. The van der Waals surface area contributed by atoms with Crippen molar-refractivity contribution < 1.29 is 19.2 Å². The second kappa shape index (κ2) is 8.32. The van der Waals surface area contributed by atoms with Gasteiger partial charge in [-0.15, -0.1) is 0 Å². The summed E-state index contributed by atoms with van der Waals surface area (Å²) in [4.78, 5) is 55.1. The van der Waals surface area contributed by atoms with Crippen molar-refractivity contribution in [3.05, 3.63) is 77.9 Å². The quantitative estimate of drug-likeness (QED) is 0.566. The minimum Gasteiger partial charge on any atom is -0.337 e. The zero-order valence-corrected chi connectivity index (χ0v) is 16.4. The Labute approximate surface area is 174 Å². The molecule has 2 heterocycles. The monoisotopic (exact) mass is 403 g/mol. The topological polar surface area (TPSA) is 78.0 Å². The van der Waals surface area contributed by atoms with Gasteiger partial charge in [-0.05, 0) is 30.7 Å². The average Bonchev–Trinajstić information content (AvgIpc) is 3.03. The fourth-order valence-corrected chi connectivity index (χ4v) is 3.64. The summed E-state index contributed by atoms with van der Waals surface area (Å²) in [5.74, 6) is -1.66. The van der Waals surface area contributed by atoms with Crippen LogP contribution in [0.15, 0.2) is 66.7 Å². The maximum Gasteiger partial charge on any atom is 0.262 e. The van der Waals surface area contributed by atoms with Crippen LogP contribution in [0.1, 0.15) is 27.1 Å². The Bertz CT molecular complexity index is 997. The van der Waals surface area contributed by atoms with Crippen LogP contribution >= 0.6 is 0 Å². The second-order valence-corrected chi connectivity index (χ2v) is 7.16. The number of anilines is 1. The van der Waals surface area contributed by atoms with E-state index in [9.17, 15) is 19.2 Å². The van der Waals surface area contributed by atoms with E-state index < -0.39 is 24.3 Å². The van der Waals surface area contributed by atoms with Crippen LogP contribution < -0.4 is 4.90 Å². The largest absolute Gasteiger partial charge is 0.337 e. The minimum absolute atomic E-state index is 0.153. The lowest BCUT2D eigenvalue weighted by Crippen LogP contribution is -2.48. The van der Waals surface area contributed by atoms with Crippen LogP contribution in [0.3, 0.4) is 0 Å². The van der Waals surface area contributed by atoms with Gasteiger partial charge in [-0.3, -0.25) is 24.1 Å². The molecule has 0 spiro atoms. The van der Waals surface area contributed by atoms with Crippen LogP contribution in [0.5, 0.6) is 0 Å². The Morgan fingerprint density at radius 3 is 2.10 bits per heavy atom. The fraction of sp³-hybridized carbons (Fsp3) is 0.217.